The first-order valence-electron chi connectivity index (χ1n) is 7.78. The highest BCUT2D eigenvalue weighted by atomic mass is 16.6. The van der Waals surface area contributed by atoms with Crippen molar-refractivity contribution in [2.45, 2.75) is 13.8 Å². The molecule has 0 atom stereocenters. The summed E-state index contributed by atoms with van der Waals surface area (Å²) in [6, 6.07) is 11.2. The molecule has 0 bridgehead atoms. The van der Waals surface area contributed by atoms with Gasteiger partial charge in [0.05, 0.1) is 20.4 Å². The van der Waals surface area contributed by atoms with Crippen molar-refractivity contribution in [3.63, 3.8) is 0 Å². The molecule has 1 N–H and O–H groups in total. The molecule has 0 saturated heterocycles. The van der Waals surface area contributed by atoms with Gasteiger partial charge in [-0.2, -0.15) is 0 Å². The first kappa shape index (κ1) is 18.3. The number of para-hydroxylation sites is 1. The summed E-state index contributed by atoms with van der Waals surface area (Å²) in [5.41, 5.74) is 3.60. The van der Waals surface area contributed by atoms with Gasteiger partial charge in [-0.15, -0.1) is 0 Å². The van der Waals surface area contributed by atoms with Crippen LogP contribution in [0, 0.1) is 13.8 Å². The van der Waals surface area contributed by atoms with Crippen LogP contribution in [0.5, 0.6) is 11.5 Å². The number of carbonyl (C=O) groups is 1. The number of oxime groups is 1. The van der Waals surface area contributed by atoms with Crippen molar-refractivity contribution in [1.29, 1.82) is 0 Å². The molecule has 0 aromatic heterocycles. The number of hydrogen-bond acceptors (Lipinski definition) is 5. The van der Waals surface area contributed by atoms with E-state index < -0.39 is 0 Å². The zero-order valence-corrected chi connectivity index (χ0v) is 14.8. The fraction of sp³-hybridized carbons (Fsp3) is 0.263. The minimum atomic E-state index is -0.278. The van der Waals surface area contributed by atoms with E-state index in [1.807, 2.05) is 44.2 Å². The minimum Gasteiger partial charge on any atom is -0.493 e. The third-order valence-electron chi connectivity index (χ3n) is 3.40. The van der Waals surface area contributed by atoms with Gasteiger partial charge >= 0.3 is 0 Å². The highest BCUT2D eigenvalue weighted by Crippen LogP contribution is 2.29. The number of nitrogens with one attached hydrogen (secondary N) is 1. The number of carbonyl (C=O) groups excluding carboxylic acids is 1. The highest BCUT2D eigenvalue weighted by molar-refractivity contribution is 5.92. The summed E-state index contributed by atoms with van der Waals surface area (Å²) < 4.78 is 10.5. The van der Waals surface area contributed by atoms with Crippen LogP contribution >= 0.6 is 0 Å². The lowest BCUT2D eigenvalue weighted by Gasteiger charge is -2.09. The van der Waals surface area contributed by atoms with Gasteiger partial charge in [-0.25, -0.2) is 0 Å². The number of rotatable bonds is 7. The van der Waals surface area contributed by atoms with Gasteiger partial charge in [-0.3, -0.25) is 4.79 Å². The van der Waals surface area contributed by atoms with E-state index in [4.69, 9.17) is 14.3 Å². The van der Waals surface area contributed by atoms with Crippen molar-refractivity contribution in [2.75, 3.05) is 26.1 Å². The molecular formula is C19H22N2O4. The Bertz CT molecular complexity index is 752. The van der Waals surface area contributed by atoms with Gasteiger partial charge in [0, 0.05) is 11.3 Å². The quantitative estimate of drug-likeness (QED) is 0.619. The molecule has 0 spiro atoms. The van der Waals surface area contributed by atoms with Crippen LogP contribution in [0.4, 0.5) is 5.69 Å². The molecule has 0 saturated carbocycles. The second kappa shape index (κ2) is 8.73. The summed E-state index contributed by atoms with van der Waals surface area (Å²) >= 11 is 0. The monoisotopic (exact) mass is 342 g/mol. The molecule has 2 aromatic rings. The fourth-order valence-corrected chi connectivity index (χ4v) is 2.45. The largest absolute Gasteiger partial charge is 0.493 e. The normalized spacial score (nSPS) is 10.6. The number of benzene rings is 2. The van der Waals surface area contributed by atoms with E-state index in [0.29, 0.717) is 17.1 Å². The standard InChI is InChI=1S/C19H22N2O4/c1-13-8-14(2)10-16(9-13)21-18(22)12-25-20-11-15-6-5-7-17(23-3)19(15)24-4/h5-11H,12H2,1-4H3,(H,21,22)/b20-11-. The summed E-state index contributed by atoms with van der Waals surface area (Å²) in [6.07, 6.45) is 1.48. The lowest BCUT2D eigenvalue weighted by molar-refractivity contribution is -0.120. The minimum absolute atomic E-state index is 0.185. The molecule has 0 aliphatic heterocycles. The molecule has 6 nitrogen and oxygen atoms in total. The van der Waals surface area contributed by atoms with Crippen LogP contribution in [0.25, 0.3) is 0 Å². The molecule has 6 heteroatoms. The number of ether oxygens (including phenoxy) is 2. The molecule has 132 valence electrons. The topological polar surface area (TPSA) is 69.2 Å². The highest BCUT2D eigenvalue weighted by Gasteiger charge is 2.08. The predicted octanol–water partition coefficient (Wildman–Crippen LogP) is 3.31. The number of nitrogens with zero attached hydrogens (tertiary/aromatic N) is 1. The molecule has 0 fully saturated rings. The predicted molar refractivity (Wildman–Crippen MR) is 97.6 cm³/mol. The maximum atomic E-state index is 11.9. The molecule has 2 rings (SSSR count). The molecule has 0 unspecified atom stereocenters. The zero-order valence-electron chi connectivity index (χ0n) is 14.8. The van der Waals surface area contributed by atoms with E-state index in [1.165, 1.54) is 6.21 Å². The summed E-state index contributed by atoms with van der Waals surface area (Å²) in [5.74, 6) is 0.871. The molecule has 25 heavy (non-hydrogen) atoms. The van der Waals surface area contributed by atoms with Crippen molar-refractivity contribution in [3.8, 4) is 11.5 Å². The first-order chi connectivity index (χ1) is 12.0. The Kier molecular flexibility index (Phi) is 6.39. The van der Waals surface area contributed by atoms with Gasteiger partial charge in [0.15, 0.2) is 18.1 Å². The number of anilines is 1. The number of hydrogen-bond donors (Lipinski definition) is 1. The molecule has 0 heterocycles. The second-order valence-electron chi connectivity index (χ2n) is 5.52. The van der Waals surface area contributed by atoms with Gasteiger partial charge in [0.25, 0.3) is 5.91 Å². The maximum Gasteiger partial charge on any atom is 0.265 e. The molecule has 0 radical (unpaired) electrons. The average Bonchev–Trinajstić information content (AvgIpc) is 2.57. The van der Waals surface area contributed by atoms with E-state index in [-0.39, 0.29) is 12.5 Å². The van der Waals surface area contributed by atoms with E-state index in [2.05, 4.69) is 10.5 Å². The maximum absolute atomic E-state index is 11.9. The van der Waals surface area contributed by atoms with Gasteiger partial charge in [0.2, 0.25) is 0 Å². The van der Waals surface area contributed by atoms with Crippen molar-refractivity contribution in [2.24, 2.45) is 5.16 Å². The van der Waals surface area contributed by atoms with Crippen LogP contribution in [0.3, 0.4) is 0 Å². The summed E-state index contributed by atoms with van der Waals surface area (Å²) in [4.78, 5) is 17.0. The van der Waals surface area contributed by atoms with Gasteiger partial charge < -0.3 is 19.6 Å². The van der Waals surface area contributed by atoms with Crippen molar-refractivity contribution in [1.82, 2.24) is 0 Å². The Hall–Kier alpha value is -3.02. The lowest BCUT2D eigenvalue weighted by atomic mass is 10.1. The summed E-state index contributed by atoms with van der Waals surface area (Å²) in [5, 5.41) is 6.60. The first-order valence-corrected chi connectivity index (χ1v) is 7.78. The molecule has 0 aliphatic rings. The van der Waals surface area contributed by atoms with Crippen LogP contribution < -0.4 is 14.8 Å². The van der Waals surface area contributed by atoms with Crippen LogP contribution in [-0.4, -0.2) is 32.9 Å². The van der Waals surface area contributed by atoms with Crippen LogP contribution in [0.1, 0.15) is 16.7 Å². The van der Waals surface area contributed by atoms with E-state index >= 15 is 0 Å². The Balaban J connectivity index is 1.92. The van der Waals surface area contributed by atoms with Crippen molar-refractivity contribution in [3.05, 3.63) is 53.1 Å². The smallest absolute Gasteiger partial charge is 0.265 e. The number of aryl methyl sites for hydroxylation is 2. The Morgan fingerprint density at radius 1 is 1.12 bits per heavy atom. The number of methoxy groups -OCH3 is 2. The molecular weight excluding hydrogens is 320 g/mol. The Morgan fingerprint density at radius 2 is 1.84 bits per heavy atom. The van der Waals surface area contributed by atoms with E-state index in [9.17, 15) is 4.79 Å². The SMILES string of the molecule is COc1cccc(/C=N\OCC(=O)Nc2cc(C)cc(C)c2)c1OC. The van der Waals surface area contributed by atoms with Crippen molar-refractivity contribution < 1.29 is 19.1 Å². The van der Waals surface area contributed by atoms with E-state index in [1.54, 1.807) is 20.3 Å². The Morgan fingerprint density at radius 3 is 2.48 bits per heavy atom. The lowest BCUT2D eigenvalue weighted by Crippen LogP contribution is -2.17. The average molecular weight is 342 g/mol. The zero-order chi connectivity index (χ0) is 18.2. The van der Waals surface area contributed by atoms with E-state index in [0.717, 1.165) is 16.8 Å². The van der Waals surface area contributed by atoms with Gasteiger partial charge in [0.1, 0.15) is 0 Å². The van der Waals surface area contributed by atoms with Crippen molar-refractivity contribution >= 4 is 17.8 Å². The van der Waals surface area contributed by atoms with Crippen LogP contribution in [-0.2, 0) is 9.63 Å². The van der Waals surface area contributed by atoms with Crippen LogP contribution in [0.2, 0.25) is 0 Å². The molecule has 2 aromatic carbocycles. The summed E-state index contributed by atoms with van der Waals surface area (Å²) in [7, 11) is 3.11. The van der Waals surface area contributed by atoms with Crippen LogP contribution in [0.15, 0.2) is 41.6 Å². The Labute approximate surface area is 147 Å². The summed E-state index contributed by atoms with van der Waals surface area (Å²) in [6.45, 7) is 3.77. The fourth-order valence-electron chi connectivity index (χ4n) is 2.45. The second-order valence-corrected chi connectivity index (χ2v) is 5.52. The van der Waals surface area contributed by atoms with Gasteiger partial charge in [-0.05, 0) is 49.2 Å². The third-order valence-corrected chi connectivity index (χ3v) is 3.40. The molecule has 0 aliphatic carbocycles. The van der Waals surface area contributed by atoms with Gasteiger partial charge in [-0.1, -0.05) is 17.3 Å². The number of amides is 1. The third kappa shape index (κ3) is 5.24. The molecule has 1 amide bonds.